The van der Waals surface area contributed by atoms with Crippen LogP contribution in [0.2, 0.25) is 5.02 Å². The van der Waals surface area contributed by atoms with Crippen molar-refractivity contribution >= 4 is 23.3 Å². The number of benzene rings is 1. The first kappa shape index (κ1) is 12.4. The first-order valence-corrected chi connectivity index (χ1v) is 4.71. The van der Waals surface area contributed by atoms with E-state index in [-0.39, 0.29) is 22.7 Å². The number of nitro groups is 1. The minimum absolute atomic E-state index is 0.166. The van der Waals surface area contributed by atoms with Gasteiger partial charge in [0, 0.05) is 23.2 Å². The van der Waals surface area contributed by atoms with Crippen LogP contribution >= 0.6 is 11.6 Å². The van der Waals surface area contributed by atoms with Crippen LogP contribution in [0.5, 0.6) is 0 Å². The first-order valence-electron chi connectivity index (χ1n) is 4.33. The van der Waals surface area contributed by atoms with Gasteiger partial charge in [-0.15, -0.1) is 0 Å². The van der Waals surface area contributed by atoms with Gasteiger partial charge in [0.25, 0.3) is 5.69 Å². The highest BCUT2D eigenvalue weighted by Gasteiger charge is 2.17. The Labute approximate surface area is 95.8 Å². The quantitative estimate of drug-likeness (QED) is 0.619. The number of nitrogens with zero attached hydrogens (tertiary/aromatic N) is 1. The third-order valence-corrected chi connectivity index (χ3v) is 2.33. The van der Waals surface area contributed by atoms with Crippen molar-refractivity contribution < 1.29 is 14.8 Å². The van der Waals surface area contributed by atoms with Crippen LogP contribution in [0.15, 0.2) is 18.2 Å². The average Bonchev–Trinajstić information content (AvgIpc) is 2.16. The van der Waals surface area contributed by atoms with Crippen LogP contribution in [0.3, 0.4) is 0 Å². The Morgan fingerprint density at radius 3 is 2.75 bits per heavy atom. The van der Waals surface area contributed by atoms with Gasteiger partial charge in [-0.1, -0.05) is 11.6 Å². The highest BCUT2D eigenvalue weighted by Crippen LogP contribution is 2.27. The molecule has 1 rings (SSSR count). The number of carboxylic acids is 1. The van der Waals surface area contributed by atoms with E-state index in [0.29, 0.717) is 0 Å². The van der Waals surface area contributed by atoms with Gasteiger partial charge < -0.3 is 10.8 Å². The molecule has 0 saturated heterocycles. The Bertz CT molecular complexity index is 436. The van der Waals surface area contributed by atoms with Crippen molar-refractivity contribution in [3.63, 3.8) is 0 Å². The van der Waals surface area contributed by atoms with Crippen LogP contribution in [0.1, 0.15) is 18.0 Å². The Balaban J connectivity index is 3.06. The molecule has 0 radical (unpaired) electrons. The van der Waals surface area contributed by atoms with Crippen LogP contribution in [-0.2, 0) is 4.79 Å². The number of hydrogen-bond acceptors (Lipinski definition) is 4. The minimum Gasteiger partial charge on any atom is -0.481 e. The second kappa shape index (κ2) is 4.91. The van der Waals surface area contributed by atoms with Gasteiger partial charge >= 0.3 is 5.97 Å². The van der Waals surface area contributed by atoms with Crippen LogP contribution in [0.4, 0.5) is 5.69 Å². The van der Waals surface area contributed by atoms with Gasteiger partial charge in [0.05, 0.1) is 11.3 Å². The van der Waals surface area contributed by atoms with E-state index in [1.165, 1.54) is 18.2 Å². The standard InChI is InChI=1S/C9H9ClN2O4/c10-7-2-1-5(12(15)16)3-6(7)8(11)4-9(13)14/h1-3,8H,4,11H2,(H,13,14). The molecule has 1 aromatic rings. The zero-order valence-corrected chi connectivity index (χ0v) is 8.85. The van der Waals surface area contributed by atoms with E-state index < -0.39 is 16.9 Å². The van der Waals surface area contributed by atoms with Crippen molar-refractivity contribution in [1.29, 1.82) is 0 Å². The molecule has 16 heavy (non-hydrogen) atoms. The Hall–Kier alpha value is -1.66. The van der Waals surface area contributed by atoms with E-state index in [4.69, 9.17) is 22.4 Å². The number of halogens is 1. The molecule has 1 atom stereocenters. The number of aliphatic carboxylic acids is 1. The molecule has 0 amide bonds. The minimum atomic E-state index is -1.09. The highest BCUT2D eigenvalue weighted by molar-refractivity contribution is 6.31. The molecule has 0 saturated carbocycles. The van der Waals surface area contributed by atoms with Crippen molar-refractivity contribution in [2.45, 2.75) is 12.5 Å². The lowest BCUT2D eigenvalue weighted by molar-refractivity contribution is -0.384. The molecule has 0 fully saturated rings. The van der Waals surface area contributed by atoms with Crippen molar-refractivity contribution in [1.82, 2.24) is 0 Å². The second-order valence-corrected chi connectivity index (χ2v) is 3.57. The lowest BCUT2D eigenvalue weighted by Crippen LogP contribution is -2.15. The van der Waals surface area contributed by atoms with Crippen LogP contribution in [0, 0.1) is 10.1 Å². The van der Waals surface area contributed by atoms with Crippen molar-refractivity contribution in [3.8, 4) is 0 Å². The summed E-state index contributed by atoms with van der Waals surface area (Å²) in [7, 11) is 0. The Morgan fingerprint density at radius 2 is 2.25 bits per heavy atom. The van der Waals surface area contributed by atoms with Gasteiger partial charge in [-0.05, 0) is 11.6 Å². The normalized spacial score (nSPS) is 12.1. The fourth-order valence-electron chi connectivity index (χ4n) is 1.23. The lowest BCUT2D eigenvalue weighted by Gasteiger charge is -2.10. The summed E-state index contributed by atoms with van der Waals surface area (Å²) in [6, 6.07) is 2.90. The number of rotatable bonds is 4. The summed E-state index contributed by atoms with van der Waals surface area (Å²) in [5.74, 6) is -1.09. The van der Waals surface area contributed by atoms with Crippen LogP contribution in [0.25, 0.3) is 0 Å². The zero-order valence-electron chi connectivity index (χ0n) is 8.09. The number of non-ortho nitro benzene ring substituents is 1. The molecule has 6 nitrogen and oxygen atoms in total. The average molecular weight is 245 g/mol. The largest absolute Gasteiger partial charge is 0.481 e. The van der Waals surface area contributed by atoms with E-state index in [1.54, 1.807) is 0 Å². The Morgan fingerprint density at radius 1 is 1.62 bits per heavy atom. The molecule has 3 N–H and O–H groups in total. The predicted molar refractivity (Wildman–Crippen MR) is 57.3 cm³/mol. The van der Waals surface area contributed by atoms with Crippen molar-refractivity contribution in [2.24, 2.45) is 5.73 Å². The summed E-state index contributed by atoms with van der Waals surface area (Å²) < 4.78 is 0. The molecular weight excluding hydrogens is 236 g/mol. The molecule has 1 aromatic carbocycles. The molecule has 0 heterocycles. The molecule has 86 valence electrons. The van der Waals surface area contributed by atoms with E-state index in [0.717, 1.165) is 0 Å². The van der Waals surface area contributed by atoms with E-state index in [2.05, 4.69) is 0 Å². The molecular formula is C9H9ClN2O4. The van der Waals surface area contributed by atoms with Gasteiger partial charge in [-0.3, -0.25) is 14.9 Å². The monoisotopic (exact) mass is 244 g/mol. The molecule has 0 aromatic heterocycles. The van der Waals surface area contributed by atoms with Crippen LogP contribution < -0.4 is 5.73 Å². The predicted octanol–water partition coefficient (Wildman–Crippen LogP) is 1.72. The fourth-order valence-corrected chi connectivity index (χ4v) is 1.48. The maximum Gasteiger partial charge on any atom is 0.305 e. The number of carbonyl (C=O) groups is 1. The van der Waals surface area contributed by atoms with Crippen molar-refractivity contribution in [3.05, 3.63) is 38.9 Å². The Kier molecular flexibility index (Phi) is 3.81. The second-order valence-electron chi connectivity index (χ2n) is 3.17. The van der Waals surface area contributed by atoms with E-state index in [9.17, 15) is 14.9 Å². The smallest absolute Gasteiger partial charge is 0.305 e. The van der Waals surface area contributed by atoms with Crippen molar-refractivity contribution in [2.75, 3.05) is 0 Å². The molecule has 0 aliphatic heterocycles. The summed E-state index contributed by atoms with van der Waals surface area (Å²) >= 11 is 5.78. The van der Waals surface area contributed by atoms with Gasteiger partial charge in [0.15, 0.2) is 0 Å². The SMILES string of the molecule is NC(CC(=O)O)c1cc([N+](=O)[O-])ccc1Cl. The molecule has 0 aliphatic rings. The summed E-state index contributed by atoms with van der Waals surface area (Å²) in [5, 5.41) is 19.3. The van der Waals surface area contributed by atoms with Gasteiger partial charge in [-0.25, -0.2) is 0 Å². The first-order chi connectivity index (χ1) is 7.41. The van der Waals surface area contributed by atoms with Crippen LogP contribution in [-0.4, -0.2) is 16.0 Å². The number of nitrogens with two attached hydrogens (primary N) is 1. The molecule has 1 unspecified atom stereocenters. The number of carboxylic acid groups (broad SMARTS) is 1. The molecule has 7 heteroatoms. The third kappa shape index (κ3) is 2.91. The lowest BCUT2D eigenvalue weighted by atomic mass is 10.0. The van der Waals surface area contributed by atoms with E-state index in [1.807, 2.05) is 0 Å². The number of nitro benzene ring substituents is 1. The van der Waals surface area contributed by atoms with Gasteiger partial charge in [0.2, 0.25) is 0 Å². The number of hydrogen-bond donors (Lipinski definition) is 2. The third-order valence-electron chi connectivity index (χ3n) is 1.98. The van der Waals surface area contributed by atoms with Gasteiger partial charge in [-0.2, -0.15) is 0 Å². The molecule has 0 spiro atoms. The maximum atomic E-state index is 10.5. The highest BCUT2D eigenvalue weighted by atomic mass is 35.5. The summed E-state index contributed by atoms with van der Waals surface area (Å²) in [4.78, 5) is 20.4. The molecule has 0 aliphatic carbocycles. The molecule has 0 bridgehead atoms. The van der Waals surface area contributed by atoms with Gasteiger partial charge in [0.1, 0.15) is 0 Å². The van der Waals surface area contributed by atoms with E-state index >= 15 is 0 Å². The summed E-state index contributed by atoms with van der Waals surface area (Å²) in [6.07, 6.45) is -0.332. The topological polar surface area (TPSA) is 106 Å². The summed E-state index contributed by atoms with van der Waals surface area (Å²) in [6.45, 7) is 0. The fraction of sp³-hybridized carbons (Fsp3) is 0.222. The maximum absolute atomic E-state index is 10.5. The zero-order chi connectivity index (χ0) is 12.3. The summed E-state index contributed by atoms with van der Waals surface area (Å²) in [5.41, 5.74) is 5.67.